The Morgan fingerprint density at radius 3 is 2.70 bits per heavy atom. The van der Waals surface area contributed by atoms with E-state index in [0.717, 1.165) is 11.1 Å². The molecule has 0 saturated heterocycles. The zero-order valence-electron chi connectivity index (χ0n) is 15.0. The molecule has 1 amide bonds. The molecule has 1 aromatic heterocycles. The van der Waals surface area contributed by atoms with Gasteiger partial charge in [-0.05, 0) is 43.7 Å². The minimum absolute atomic E-state index is 0.128. The third-order valence-electron chi connectivity index (χ3n) is 4.53. The highest BCUT2D eigenvalue weighted by Crippen LogP contribution is 2.36. The number of aryl methyl sites for hydroxylation is 1. The first kappa shape index (κ1) is 16.8. The average molecular weight is 361 g/mol. The highest BCUT2D eigenvalue weighted by atomic mass is 16.3. The molecule has 0 saturated carbocycles. The van der Waals surface area contributed by atoms with Gasteiger partial charge in [0.1, 0.15) is 18.1 Å². The molecule has 2 aromatic carbocycles. The molecule has 7 nitrogen and oxygen atoms in total. The minimum atomic E-state index is -0.499. The number of carbonyl (C=O) groups is 1. The molecule has 27 heavy (non-hydrogen) atoms. The van der Waals surface area contributed by atoms with Gasteiger partial charge in [-0.3, -0.25) is 4.79 Å². The lowest BCUT2D eigenvalue weighted by Crippen LogP contribution is -2.31. The van der Waals surface area contributed by atoms with Crippen LogP contribution < -0.4 is 10.6 Å². The van der Waals surface area contributed by atoms with Crippen LogP contribution in [0.3, 0.4) is 0 Å². The Labute approximate surface area is 156 Å². The van der Waals surface area contributed by atoms with Gasteiger partial charge < -0.3 is 15.7 Å². The Morgan fingerprint density at radius 2 is 1.96 bits per heavy atom. The van der Waals surface area contributed by atoms with Crippen molar-refractivity contribution < 1.29 is 9.90 Å². The monoisotopic (exact) mass is 361 g/mol. The second kappa shape index (κ2) is 6.60. The molecule has 0 spiro atoms. The highest BCUT2D eigenvalue weighted by Gasteiger charge is 2.33. The first-order valence-corrected chi connectivity index (χ1v) is 8.57. The van der Waals surface area contributed by atoms with E-state index in [1.165, 1.54) is 6.33 Å². The standard InChI is InChI=1S/C20H19N5O2/c1-12-6-8-15(9-7-12)24-19(27)17-13(2)23-20-21-11-22-25(20)18(17)14-4-3-5-16(26)10-14/h3-11,18,26H,1-2H3,(H,24,27)(H,21,22,23). The van der Waals surface area contributed by atoms with Gasteiger partial charge in [0.15, 0.2) is 0 Å². The molecule has 0 fully saturated rings. The molecular weight excluding hydrogens is 342 g/mol. The first-order valence-electron chi connectivity index (χ1n) is 8.57. The van der Waals surface area contributed by atoms with Crippen LogP contribution in [0.2, 0.25) is 0 Å². The fourth-order valence-corrected chi connectivity index (χ4v) is 3.22. The summed E-state index contributed by atoms with van der Waals surface area (Å²) in [5, 5.41) is 20.3. The fourth-order valence-electron chi connectivity index (χ4n) is 3.22. The Balaban J connectivity index is 1.76. The molecule has 3 aromatic rings. The second-order valence-electron chi connectivity index (χ2n) is 6.51. The van der Waals surface area contributed by atoms with E-state index >= 15 is 0 Å². The maximum Gasteiger partial charge on any atom is 0.255 e. The molecular formula is C20H19N5O2. The van der Waals surface area contributed by atoms with Crippen molar-refractivity contribution in [2.24, 2.45) is 0 Å². The van der Waals surface area contributed by atoms with E-state index in [-0.39, 0.29) is 11.7 Å². The van der Waals surface area contributed by atoms with E-state index in [1.54, 1.807) is 22.9 Å². The van der Waals surface area contributed by atoms with Crippen molar-refractivity contribution in [2.75, 3.05) is 10.6 Å². The van der Waals surface area contributed by atoms with Gasteiger partial charge in [0.05, 0.1) is 5.57 Å². The number of amides is 1. The lowest BCUT2D eigenvalue weighted by Gasteiger charge is -2.28. The average Bonchev–Trinajstić information content (AvgIpc) is 3.10. The number of nitrogens with zero attached hydrogens (tertiary/aromatic N) is 3. The summed E-state index contributed by atoms with van der Waals surface area (Å²) in [5.41, 5.74) is 3.78. The maximum atomic E-state index is 13.1. The molecule has 7 heteroatoms. The van der Waals surface area contributed by atoms with Gasteiger partial charge in [0.25, 0.3) is 5.91 Å². The predicted molar refractivity (Wildman–Crippen MR) is 102 cm³/mol. The number of carbonyl (C=O) groups excluding carboxylic acids is 1. The molecule has 2 heterocycles. The van der Waals surface area contributed by atoms with E-state index in [4.69, 9.17) is 0 Å². The number of nitrogens with one attached hydrogen (secondary N) is 2. The molecule has 4 rings (SSSR count). The van der Waals surface area contributed by atoms with Crippen LogP contribution >= 0.6 is 0 Å². The Morgan fingerprint density at radius 1 is 1.19 bits per heavy atom. The van der Waals surface area contributed by atoms with Crippen molar-refractivity contribution in [3.8, 4) is 5.75 Å². The van der Waals surface area contributed by atoms with Gasteiger partial charge in [-0.25, -0.2) is 4.68 Å². The summed E-state index contributed by atoms with van der Waals surface area (Å²) in [6.45, 7) is 3.82. The molecule has 0 aliphatic carbocycles. The fraction of sp³-hybridized carbons (Fsp3) is 0.150. The zero-order valence-corrected chi connectivity index (χ0v) is 15.0. The summed E-state index contributed by atoms with van der Waals surface area (Å²) in [6, 6.07) is 13.9. The van der Waals surface area contributed by atoms with Gasteiger partial charge in [-0.2, -0.15) is 10.1 Å². The molecule has 1 aliphatic rings. The van der Waals surface area contributed by atoms with E-state index in [1.807, 2.05) is 44.2 Å². The Kier molecular flexibility index (Phi) is 4.12. The number of benzene rings is 2. The number of hydrogen-bond donors (Lipinski definition) is 3. The highest BCUT2D eigenvalue weighted by molar-refractivity contribution is 6.06. The number of fused-ring (bicyclic) bond motifs is 1. The van der Waals surface area contributed by atoms with E-state index in [0.29, 0.717) is 22.9 Å². The third-order valence-corrected chi connectivity index (χ3v) is 4.53. The zero-order chi connectivity index (χ0) is 19.0. The molecule has 0 bridgehead atoms. The van der Waals surface area contributed by atoms with Gasteiger partial charge in [0, 0.05) is 11.4 Å². The van der Waals surface area contributed by atoms with Crippen LogP contribution in [0.5, 0.6) is 5.75 Å². The number of phenols is 1. The first-order chi connectivity index (χ1) is 13.0. The molecule has 136 valence electrons. The molecule has 3 N–H and O–H groups in total. The van der Waals surface area contributed by atoms with Crippen molar-refractivity contribution in [1.29, 1.82) is 0 Å². The van der Waals surface area contributed by atoms with E-state index in [9.17, 15) is 9.90 Å². The summed E-state index contributed by atoms with van der Waals surface area (Å²) in [6.07, 6.45) is 1.44. The van der Waals surface area contributed by atoms with E-state index < -0.39 is 6.04 Å². The van der Waals surface area contributed by atoms with E-state index in [2.05, 4.69) is 20.7 Å². The summed E-state index contributed by atoms with van der Waals surface area (Å²) in [7, 11) is 0. The normalized spacial score (nSPS) is 15.9. The van der Waals surface area contributed by atoms with Gasteiger partial charge in [-0.1, -0.05) is 29.8 Å². The number of phenolic OH excluding ortho intramolecular Hbond substituents is 1. The SMILES string of the molecule is CC1=C(C(=O)Nc2ccc(C)cc2)C(c2cccc(O)c2)n2ncnc2N1. The predicted octanol–water partition coefficient (Wildman–Crippen LogP) is 3.22. The summed E-state index contributed by atoms with van der Waals surface area (Å²) < 4.78 is 1.64. The van der Waals surface area contributed by atoms with Gasteiger partial charge in [-0.15, -0.1) is 0 Å². The number of aromatic nitrogens is 3. The number of aromatic hydroxyl groups is 1. The lowest BCUT2D eigenvalue weighted by molar-refractivity contribution is -0.113. The Bertz CT molecular complexity index is 1040. The van der Waals surface area contributed by atoms with Gasteiger partial charge in [0.2, 0.25) is 5.95 Å². The van der Waals surface area contributed by atoms with Crippen LogP contribution in [-0.4, -0.2) is 25.8 Å². The summed E-state index contributed by atoms with van der Waals surface area (Å²) in [5.74, 6) is 0.440. The number of rotatable bonds is 3. The van der Waals surface area contributed by atoms with Crippen LogP contribution in [0.4, 0.5) is 11.6 Å². The Hall–Kier alpha value is -3.61. The number of anilines is 2. The second-order valence-corrected chi connectivity index (χ2v) is 6.51. The quantitative estimate of drug-likeness (QED) is 0.666. The summed E-state index contributed by atoms with van der Waals surface area (Å²) >= 11 is 0. The molecule has 1 aliphatic heterocycles. The summed E-state index contributed by atoms with van der Waals surface area (Å²) in [4.78, 5) is 17.3. The van der Waals surface area contributed by atoms with Gasteiger partial charge >= 0.3 is 0 Å². The van der Waals surface area contributed by atoms with Crippen LogP contribution in [0, 0.1) is 6.92 Å². The van der Waals surface area contributed by atoms with Crippen molar-refractivity contribution >= 4 is 17.5 Å². The van der Waals surface area contributed by atoms with Crippen LogP contribution in [0.1, 0.15) is 24.1 Å². The molecule has 1 atom stereocenters. The van der Waals surface area contributed by atoms with Crippen LogP contribution in [0.15, 0.2) is 66.1 Å². The van der Waals surface area contributed by atoms with Crippen molar-refractivity contribution in [2.45, 2.75) is 19.9 Å². The van der Waals surface area contributed by atoms with Crippen LogP contribution in [-0.2, 0) is 4.79 Å². The molecule has 0 radical (unpaired) electrons. The maximum absolute atomic E-state index is 13.1. The smallest absolute Gasteiger partial charge is 0.255 e. The number of hydrogen-bond acceptors (Lipinski definition) is 5. The molecule has 1 unspecified atom stereocenters. The van der Waals surface area contributed by atoms with Crippen molar-refractivity contribution in [3.63, 3.8) is 0 Å². The van der Waals surface area contributed by atoms with Crippen molar-refractivity contribution in [1.82, 2.24) is 14.8 Å². The largest absolute Gasteiger partial charge is 0.508 e. The lowest BCUT2D eigenvalue weighted by atomic mass is 9.95. The van der Waals surface area contributed by atoms with Crippen molar-refractivity contribution in [3.05, 3.63) is 77.3 Å². The van der Waals surface area contributed by atoms with Crippen LogP contribution in [0.25, 0.3) is 0 Å². The number of allylic oxidation sites excluding steroid dienone is 1. The minimum Gasteiger partial charge on any atom is -0.508 e. The third kappa shape index (κ3) is 3.15. The topological polar surface area (TPSA) is 92.1 Å².